The molecule has 3 rings (SSSR count). The van der Waals surface area contributed by atoms with E-state index in [0.29, 0.717) is 6.61 Å². The van der Waals surface area contributed by atoms with Gasteiger partial charge in [0, 0.05) is 56.7 Å². The number of aryl methyl sites for hydroxylation is 3. The normalized spacial score (nSPS) is 15.4. The van der Waals surface area contributed by atoms with Gasteiger partial charge in [0.25, 0.3) is 0 Å². The number of methoxy groups -OCH3 is 1. The van der Waals surface area contributed by atoms with Gasteiger partial charge in [-0.3, -0.25) is 4.90 Å². The maximum absolute atomic E-state index is 5.31. The van der Waals surface area contributed by atoms with Gasteiger partial charge in [-0.05, 0) is 26.8 Å². The van der Waals surface area contributed by atoms with Crippen LogP contribution in [-0.4, -0.2) is 48.4 Å². The van der Waals surface area contributed by atoms with E-state index in [9.17, 15) is 0 Å². The summed E-state index contributed by atoms with van der Waals surface area (Å²) in [5.41, 5.74) is 4.49. The molecule has 0 aliphatic carbocycles. The lowest BCUT2D eigenvalue weighted by atomic mass is 10.1. The number of ether oxygens (including phenoxy) is 1. The molecule has 2 aromatic rings. The number of hydrogen-bond donors (Lipinski definition) is 0. The van der Waals surface area contributed by atoms with Crippen LogP contribution in [0.4, 0.5) is 5.82 Å². The molecule has 0 saturated heterocycles. The summed E-state index contributed by atoms with van der Waals surface area (Å²) in [6, 6.07) is 4.29. The van der Waals surface area contributed by atoms with E-state index in [-0.39, 0.29) is 0 Å². The molecule has 0 fully saturated rings. The molecule has 1 aliphatic heterocycles. The quantitative estimate of drug-likeness (QED) is 0.839. The van der Waals surface area contributed by atoms with Gasteiger partial charge in [0.2, 0.25) is 0 Å². The van der Waals surface area contributed by atoms with E-state index in [4.69, 9.17) is 14.2 Å². The van der Waals surface area contributed by atoms with Gasteiger partial charge < -0.3 is 14.2 Å². The predicted molar refractivity (Wildman–Crippen MR) is 93.2 cm³/mol. The molecule has 2 aromatic heterocycles. The van der Waals surface area contributed by atoms with Crippen molar-refractivity contribution in [2.24, 2.45) is 0 Å². The minimum atomic E-state index is 0.707. The van der Waals surface area contributed by atoms with Crippen LogP contribution in [0.3, 0.4) is 0 Å². The Balaban J connectivity index is 1.83. The van der Waals surface area contributed by atoms with Gasteiger partial charge >= 0.3 is 0 Å². The van der Waals surface area contributed by atoms with Gasteiger partial charge in [-0.2, -0.15) is 0 Å². The molecule has 0 N–H and O–H groups in total. The Kier molecular flexibility index (Phi) is 5.16. The molecule has 0 unspecified atom stereocenters. The molecule has 24 heavy (non-hydrogen) atoms. The van der Waals surface area contributed by atoms with Crippen molar-refractivity contribution < 1.29 is 9.26 Å². The van der Waals surface area contributed by atoms with Gasteiger partial charge in [0.05, 0.1) is 12.3 Å². The third-order valence-electron chi connectivity index (χ3n) is 4.60. The predicted octanol–water partition coefficient (Wildman–Crippen LogP) is 2.46. The van der Waals surface area contributed by atoms with Gasteiger partial charge in [0.15, 0.2) is 0 Å². The van der Waals surface area contributed by atoms with Crippen molar-refractivity contribution in [3.05, 3.63) is 40.4 Å². The maximum Gasteiger partial charge on any atom is 0.138 e. The Morgan fingerprint density at radius 2 is 2.04 bits per heavy atom. The minimum Gasteiger partial charge on any atom is -0.383 e. The van der Waals surface area contributed by atoms with Crippen LogP contribution in [-0.2, 0) is 17.8 Å². The molecule has 6 nitrogen and oxygen atoms in total. The van der Waals surface area contributed by atoms with Crippen LogP contribution in [0.2, 0.25) is 0 Å². The summed E-state index contributed by atoms with van der Waals surface area (Å²) in [5, 5.41) is 4.08. The number of nitrogens with zero attached hydrogens (tertiary/aromatic N) is 4. The Bertz CT molecular complexity index is 679. The van der Waals surface area contributed by atoms with Crippen molar-refractivity contribution in [2.75, 3.05) is 38.3 Å². The fourth-order valence-electron chi connectivity index (χ4n) is 3.16. The number of anilines is 1. The molecular weight excluding hydrogens is 304 g/mol. The summed E-state index contributed by atoms with van der Waals surface area (Å²) in [7, 11) is 1.74. The van der Waals surface area contributed by atoms with Crippen LogP contribution in [0.15, 0.2) is 16.7 Å². The monoisotopic (exact) mass is 330 g/mol. The average molecular weight is 330 g/mol. The summed E-state index contributed by atoms with van der Waals surface area (Å²) in [5.74, 6) is 2.00. The molecule has 0 bridgehead atoms. The Morgan fingerprint density at radius 1 is 1.21 bits per heavy atom. The lowest BCUT2D eigenvalue weighted by molar-refractivity contribution is 0.203. The van der Waals surface area contributed by atoms with Crippen molar-refractivity contribution in [1.82, 2.24) is 15.0 Å². The topological polar surface area (TPSA) is 54.6 Å². The Labute approximate surface area is 143 Å². The van der Waals surface area contributed by atoms with Crippen molar-refractivity contribution >= 4 is 5.82 Å². The second kappa shape index (κ2) is 7.32. The zero-order chi connectivity index (χ0) is 17.1. The van der Waals surface area contributed by atoms with E-state index < -0.39 is 0 Å². The van der Waals surface area contributed by atoms with Crippen LogP contribution in [0.25, 0.3) is 0 Å². The van der Waals surface area contributed by atoms with Crippen molar-refractivity contribution in [3.63, 3.8) is 0 Å². The molecule has 0 aromatic carbocycles. The zero-order valence-corrected chi connectivity index (χ0v) is 15.0. The molecule has 130 valence electrons. The maximum atomic E-state index is 5.31. The highest BCUT2D eigenvalue weighted by Crippen LogP contribution is 2.25. The first-order valence-corrected chi connectivity index (χ1v) is 8.43. The smallest absolute Gasteiger partial charge is 0.138 e. The number of rotatable bonds is 5. The Morgan fingerprint density at radius 3 is 2.75 bits per heavy atom. The third-order valence-corrected chi connectivity index (χ3v) is 4.60. The van der Waals surface area contributed by atoms with Crippen LogP contribution in [0.1, 0.15) is 28.3 Å². The second-order valence-corrected chi connectivity index (χ2v) is 6.43. The Hall–Kier alpha value is -1.92. The van der Waals surface area contributed by atoms with Crippen molar-refractivity contribution in [2.45, 2.75) is 33.9 Å². The highest BCUT2D eigenvalue weighted by Gasteiger charge is 2.22. The van der Waals surface area contributed by atoms with E-state index in [2.05, 4.69) is 27.1 Å². The highest BCUT2D eigenvalue weighted by molar-refractivity contribution is 5.48. The van der Waals surface area contributed by atoms with Crippen molar-refractivity contribution in [1.29, 1.82) is 0 Å². The largest absolute Gasteiger partial charge is 0.383 e. The van der Waals surface area contributed by atoms with Crippen LogP contribution >= 0.6 is 0 Å². The SMILES string of the molecule is COCCN1CCN(Cc2c(C)noc2C)Cc2ccc(C)nc21. The molecule has 0 radical (unpaired) electrons. The number of pyridine rings is 1. The molecule has 0 spiro atoms. The first-order valence-electron chi connectivity index (χ1n) is 8.43. The van der Waals surface area contributed by atoms with E-state index in [1.807, 2.05) is 20.8 Å². The molecule has 0 amide bonds. The molecule has 3 heterocycles. The highest BCUT2D eigenvalue weighted by atomic mass is 16.5. The number of fused-ring (bicyclic) bond motifs is 1. The van der Waals surface area contributed by atoms with Crippen LogP contribution in [0.5, 0.6) is 0 Å². The zero-order valence-electron chi connectivity index (χ0n) is 15.0. The summed E-state index contributed by atoms with van der Waals surface area (Å²) in [4.78, 5) is 9.56. The molecule has 0 saturated carbocycles. The van der Waals surface area contributed by atoms with Gasteiger partial charge in [-0.1, -0.05) is 11.2 Å². The lowest BCUT2D eigenvalue weighted by Gasteiger charge is -2.23. The van der Waals surface area contributed by atoms with Crippen molar-refractivity contribution in [3.8, 4) is 0 Å². The molecule has 1 aliphatic rings. The second-order valence-electron chi connectivity index (χ2n) is 6.43. The van der Waals surface area contributed by atoms with Crippen LogP contribution < -0.4 is 4.90 Å². The summed E-state index contributed by atoms with van der Waals surface area (Å²) in [6.45, 7) is 11.3. The van der Waals surface area contributed by atoms with E-state index >= 15 is 0 Å². The average Bonchev–Trinajstić information content (AvgIpc) is 2.79. The lowest BCUT2D eigenvalue weighted by Crippen LogP contribution is -2.33. The fourth-order valence-corrected chi connectivity index (χ4v) is 3.16. The number of hydrogen-bond acceptors (Lipinski definition) is 6. The van der Waals surface area contributed by atoms with E-state index in [0.717, 1.165) is 55.7 Å². The number of aromatic nitrogens is 2. The molecule has 0 atom stereocenters. The van der Waals surface area contributed by atoms with Gasteiger partial charge in [-0.25, -0.2) is 4.98 Å². The van der Waals surface area contributed by atoms with E-state index in [1.54, 1.807) is 7.11 Å². The summed E-state index contributed by atoms with van der Waals surface area (Å²) >= 11 is 0. The first kappa shape index (κ1) is 16.9. The summed E-state index contributed by atoms with van der Waals surface area (Å²) in [6.07, 6.45) is 0. The molecule has 6 heteroatoms. The molecular formula is C18H26N4O2. The fraction of sp³-hybridized carbons (Fsp3) is 0.556. The standard InChI is InChI=1S/C18H26N4O2/c1-13-5-6-16-11-21(12-17-14(2)20-24-15(17)3)7-8-22(9-10-23-4)18(16)19-13/h5-6H,7-12H2,1-4H3. The van der Waals surface area contributed by atoms with E-state index in [1.165, 1.54) is 11.1 Å². The minimum absolute atomic E-state index is 0.707. The van der Waals surface area contributed by atoms with Gasteiger partial charge in [0.1, 0.15) is 11.6 Å². The third kappa shape index (κ3) is 3.60. The summed E-state index contributed by atoms with van der Waals surface area (Å²) < 4.78 is 10.6. The van der Waals surface area contributed by atoms with Gasteiger partial charge in [-0.15, -0.1) is 0 Å². The first-order chi connectivity index (χ1) is 11.6. The van der Waals surface area contributed by atoms with Crippen LogP contribution in [0, 0.1) is 20.8 Å².